The molecule has 0 radical (unpaired) electrons. The third-order valence-electron chi connectivity index (χ3n) is 6.12. The average molecular weight is 414 g/mol. The molecule has 1 aliphatic heterocycles. The van der Waals surface area contributed by atoms with Crippen LogP contribution >= 0.6 is 0 Å². The van der Waals surface area contributed by atoms with Gasteiger partial charge in [0, 0.05) is 11.1 Å². The van der Waals surface area contributed by atoms with Crippen LogP contribution in [0.2, 0.25) is 0 Å². The summed E-state index contributed by atoms with van der Waals surface area (Å²) in [5.41, 5.74) is 2.49. The number of quaternary nitrogens is 2. The van der Waals surface area contributed by atoms with E-state index in [0.717, 1.165) is 56.3 Å². The van der Waals surface area contributed by atoms with Gasteiger partial charge in [-0.25, -0.2) is 0 Å². The normalized spacial score (nSPS) is 16.7. The zero-order valence-corrected chi connectivity index (χ0v) is 18.6. The Morgan fingerprint density at radius 3 is 2.33 bits per heavy atom. The summed E-state index contributed by atoms with van der Waals surface area (Å²) in [5.74, 6) is 1.69. The summed E-state index contributed by atoms with van der Waals surface area (Å²) in [4.78, 5) is 17.8. The molecule has 0 spiro atoms. The van der Waals surface area contributed by atoms with E-state index in [-0.39, 0.29) is 11.9 Å². The average Bonchev–Trinajstić information content (AvgIpc) is 2.79. The van der Waals surface area contributed by atoms with E-state index in [0.29, 0.717) is 0 Å². The number of likely N-dealkylation sites (N-methyl/N-ethyl adjacent to an activating group) is 1. The van der Waals surface area contributed by atoms with Gasteiger partial charge < -0.3 is 24.2 Å². The number of ether oxygens (including phenoxy) is 2. The van der Waals surface area contributed by atoms with Crippen molar-refractivity contribution in [2.75, 3.05) is 47.4 Å². The Labute approximate surface area is 180 Å². The minimum absolute atomic E-state index is 0.0891. The molecule has 1 unspecified atom stereocenters. The summed E-state index contributed by atoms with van der Waals surface area (Å²) in [5, 5.41) is 0. The Morgan fingerprint density at radius 1 is 1.03 bits per heavy atom. The summed E-state index contributed by atoms with van der Waals surface area (Å²) in [6, 6.07) is 16.5. The molecule has 2 N–H and O–H groups in total. The van der Waals surface area contributed by atoms with Crippen LogP contribution < -0.4 is 19.3 Å². The predicted molar refractivity (Wildman–Crippen MR) is 117 cm³/mol. The molecule has 1 amide bonds. The number of amides is 1. The van der Waals surface area contributed by atoms with Crippen LogP contribution in [0.5, 0.6) is 11.5 Å². The zero-order valence-electron chi connectivity index (χ0n) is 18.6. The molecular weight excluding hydrogens is 378 g/mol. The molecule has 3 rings (SSSR count). The van der Waals surface area contributed by atoms with Crippen LogP contribution in [-0.4, -0.2) is 64.3 Å². The van der Waals surface area contributed by atoms with Crippen molar-refractivity contribution in [3.63, 3.8) is 0 Å². The lowest BCUT2D eigenvalue weighted by atomic mass is 10.1. The fourth-order valence-corrected chi connectivity index (χ4v) is 4.05. The first kappa shape index (κ1) is 22.1. The Bertz CT molecular complexity index is 820. The van der Waals surface area contributed by atoms with Gasteiger partial charge in [-0.15, -0.1) is 0 Å². The van der Waals surface area contributed by atoms with E-state index in [1.54, 1.807) is 19.1 Å². The molecule has 0 saturated carbocycles. The second kappa shape index (κ2) is 10.5. The van der Waals surface area contributed by atoms with Crippen molar-refractivity contribution in [1.29, 1.82) is 0 Å². The van der Waals surface area contributed by atoms with Crippen molar-refractivity contribution < 1.29 is 24.1 Å². The standard InChI is InChI=1S/C24H33N3O3/c1-19(25(2)17-21-10-11-22(29-3)23(16-21)30-4)24(28)27-14-12-26(13-15-27)18-20-8-6-5-7-9-20/h5-11,16,19H,12-15,17-18H2,1-4H3/p+2/t19-/m0/s1. The van der Waals surface area contributed by atoms with Crippen molar-refractivity contribution in [3.05, 3.63) is 59.7 Å². The quantitative estimate of drug-likeness (QED) is 0.642. The van der Waals surface area contributed by atoms with Crippen LogP contribution in [0.1, 0.15) is 18.1 Å². The smallest absolute Gasteiger partial charge is 0.280 e. The van der Waals surface area contributed by atoms with Gasteiger partial charge in [0.15, 0.2) is 17.5 Å². The molecule has 6 nitrogen and oxygen atoms in total. The molecule has 2 atom stereocenters. The SMILES string of the molecule is COc1ccc(C[NH+](C)[C@@H](C)C(=O)N2CC[NH+](Cc3ccccc3)CC2)cc1OC. The minimum atomic E-state index is -0.0891. The molecule has 2 aromatic rings. The van der Waals surface area contributed by atoms with Crippen molar-refractivity contribution in [1.82, 2.24) is 4.90 Å². The predicted octanol–water partition coefficient (Wildman–Crippen LogP) is 0.0343. The zero-order chi connectivity index (χ0) is 21.5. The number of methoxy groups -OCH3 is 2. The first-order valence-electron chi connectivity index (χ1n) is 10.7. The van der Waals surface area contributed by atoms with Crippen molar-refractivity contribution in [2.45, 2.75) is 26.1 Å². The highest BCUT2D eigenvalue weighted by Gasteiger charge is 2.31. The molecule has 0 aliphatic carbocycles. The Morgan fingerprint density at radius 2 is 1.70 bits per heavy atom. The van der Waals surface area contributed by atoms with E-state index in [2.05, 4.69) is 37.4 Å². The molecule has 1 saturated heterocycles. The third-order valence-corrected chi connectivity index (χ3v) is 6.12. The van der Waals surface area contributed by atoms with Crippen LogP contribution in [0.25, 0.3) is 0 Å². The van der Waals surface area contributed by atoms with E-state index in [4.69, 9.17) is 9.47 Å². The number of piperazine rings is 1. The molecular formula is C24H35N3O3+2. The number of nitrogens with zero attached hydrogens (tertiary/aromatic N) is 1. The maximum atomic E-state index is 13.1. The number of benzene rings is 2. The molecule has 2 aromatic carbocycles. The Balaban J connectivity index is 1.51. The van der Waals surface area contributed by atoms with Gasteiger partial charge in [-0.2, -0.15) is 0 Å². The number of hydrogen-bond acceptors (Lipinski definition) is 3. The Kier molecular flexibility index (Phi) is 7.71. The molecule has 1 fully saturated rings. The molecule has 1 heterocycles. The lowest BCUT2D eigenvalue weighted by Crippen LogP contribution is -3.14. The second-order valence-corrected chi connectivity index (χ2v) is 8.17. The minimum Gasteiger partial charge on any atom is -0.493 e. The lowest BCUT2D eigenvalue weighted by molar-refractivity contribution is -0.918. The summed E-state index contributed by atoms with van der Waals surface area (Å²) in [6.45, 7) is 7.48. The first-order chi connectivity index (χ1) is 14.5. The van der Waals surface area contributed by atoms with Crippen molar-refractivity contribution in [2.24, 2.45) is 0 Å². The van der Waals surface area contributed by atoms with E-state index < -0.39 is 0 Å². The van der Waals surface area contributed by atoms with Crippen LogP contribution in [0.4, 0.5) is 0 Å². The highest BCUT2D eigenvalue weighted by atomic mass is 16.5. The number of rotatable bonds is 8. The molecule has 0 bridgehead atoms. The summed E-state index contributed by atoms with van der Waals surface area (Å²) in [6.07, 6.45) is 0. The summed E-state index contributed by atoms with van der Waals surface area (Å²) < 4.78 is 10.7. The number of nitrogens with one attached hydrogen (secondary N) is 2. The Hall–Kier alpha value is -2.57. The highest BCUT2D eigenvalue weighted by Crippen LogP contribution is 2.27. The van der Waals surface area contributed by atoms with Gasteiger partial charge in [0.2, 0.25) is 0 Å². The molecule has 6 heteroatoms. The maximum absolute atomic E-state index is 13.1. The summed E-state index contributed by atoms with van der Waals surface area (Å²) >= 11 is 0. The topological polar surface area (TPSA) is 47.7 Å². The van der Waals surface area contributed by atoms with Crippen molar-refractivity contribution in [3.8, 4) is 11.5 Å². The molecule has 162 valence electrons. The third kappa shape index (κ3) is 5.52. The van der Waals surface area contributed by atoms with Crippen LogP contribution in [0.3, 0.4) is 0 Å². The molecule has 0 aromatic heterocycles. The molecule has 30 heavy (non-hydrogen) atoms. The van der Waals surface area contributed by atoms with Gasteiger partial charge >= 0.3 is 0 Å². The number of carbonyl (C=O) groups excluding carboxylic acids is 1. The first-order valence-corrected chi connectivity index (χ1v) is 10.7. The van der Waals surface area contributed by atoms with Gasteiger partial charge in [0.05, 0.1) is 47.4 Å². The maximum Gasteiger partial charge on any atom is 0.280 e. The monoisotopic (exact) mass is 413 g/mol. The van der Waals surface area contributed by atoms with Gasteiger partial charge in [-0.05, 0) is 25.1 Å². The van der Waals surface area contributed by atoms with Crippen LogP contribution in [-0.2, 0) is 17.9 Å². The largest absolute Gasteiger partial charge is 0.493 e. The van der Waals surface area contributed by atoms with Crippen LogP contribution in [0, 0.1) is 0 Å². The van der Waals surface area contributed by atoms with Crippen LogP contribution in [0.15, 0.2) is 48.5 Å². The second-order valence-electron chi connectivity index (χ2n) is 8.17. The van der Waals surface area contributed by atoms with E-state index in [9.17, 15) is 4.79 Å². The van der Waals surface area contributed by atoms with E-state index in [1.165, 1.54) is 10.5 Å². The van der Waals surface area contributed by atoms with E-state index >= 15 is 0 Å². The lowest BCUT2D eigenvalue weighted by Gasteiger charge is -2.34. The fraction of sp³-hybridized carbons (Fsp3) is 0.458. The highest BCUT2D eigenvalue weighted by molar-refractivity contribution is 5.80. The van der Waals surface area contributed by atoms with Gasteiger partial charge in [0.25, 0.3) is 5.91 Å². The van der Waals surface area contributed by atoms with Gasteiger partial charge in [-0.1, -0.05) is 30.3 Å². The summed E-state index contributed by atoms with van der Waals surface area (Å²) in [7, 11) is 5.36. The fourth-order valence-electron chi connectivity index (χ4n) is 4.05. The number of carbonyl (C=O) groups is 1. The van der Waals surface area contributed by atoms with Crippen molar-refractivity contribution >= 4 is 5.91 Å². The van der Waals surface area contributed by atoms with Gasteiger partial charge in [0.1, 0.15) is 13.1 Å². The van der Waals surface area contributed by atoms with E-state index in [1.807, 2.05) is 30.0 Å². The number of hydrogen-bond donors (Lipinski definition) is 2. The van der Waals surface area contributed by atoms with Gasteiger partial charge in [-0.3, -0.25) is 4.79 Å². The molecule has 1 aliphatic rings.